The number of benzene rings is 3. The Balaban J connectivity index is 1.82. The molecule has 0 atom stereocenters. The summed E-state index contributed by atoms with van der Waals surface area (Å²) in [7, 11) is 2.73. The van der Waals surface area contributed by atoms with E-state index in [-0.39, 0.29) is 24.7 Å². The molecule has 35 heavy (non-hydrogen) atoms. The highest BCUT2D eigenvalue weighted by atomic mass is 16.7. The minimum Gasteiger partial charge on any atom is -0.435 e. The van der Waals surface area contributed by atoms with Gasteiger partial charge in [-0.05, 0) is 60.0 Å². The summed E-state index contributed by atoms with van der Waals surface area (Å²) in [5, 5.41) is 4.92. The van der Waals surface area contributed by atoms with Crippen molar-refractivity contribution in [1.29, 1.82) is 0 Å². The average Bonchev–Trinajstić information content (AvgIpc) is 2.85. The van der Waals surface area contributed by atoms with Crippen molar-refractivity contribution in [2.75, 3.05) is 33.1 Å². The third-order valence-electron chi connectivity index (χ3n) is 5.14. The fourth-order valence-corrected chi connectivity index (χ4v) is 3.42. The molecule has 0 radical (unpaired) electrons. The lowest BCUT2D eigenvalue weighted by Gasteiger charge is -2.12. The molecule has 0 bridgehead atoms. The van der Waals surface area contributed by atoms with E-state index in [2.05, 4.69) is 11.4 Å². The number of fused-ring (bicyclic) bond motifs is 1. The summed E-state index contributed by atoms with van der Waals surface area (Å²) < 4.78 is 19.4. The monoisotopic (exact) mass is 477 g/mol. The maximum absolute atomic E-state index is 12.7. The molecule has 3 rings (SSSR count). The number of methoxy groups -OCH3 is 2. The average molecular weight is 478 g/mol. The van der Waals surface area contributed by atoms with Crippen molar-refractivity contribution in [1.82, 2.24) is 0 Å². The van der Waals surface area contributed by atoms with Gasteiger partial charge < -0.3 is 24.3 Å². The van der Waals surface area contributed by atoms with E-state index in [9.17, 15) is 14.4 Å². The first kappa shape index (κ1) is 25.6. The number of hydrogen-bond acceptors (Lipinski definition) is 7. The van der Waals surface area contributed by atoms with E-state index in [1.54, 1.807) is 0 Å². The van der Waals surface area contributed by atoms with Crippen molar-refractivity contribution in [2.24, 2.45) is 0 Å². The Morgan fingerprint density at radius 3 is 2.11 bits per heavy atom. The van der Waals surface area contributed by atoms with Crippen molar-refractivity contribution in [3.05, 3.63) is 82.9 Å². The van der Waals surface area contributed by atoms with Gasteiger partial charge in [-0.3, -0.25) is 4.79 Å². The molecule has 0 aliphatic heterocycles. The van der Waals surface area contributed by atoms with E-state index in [1.165, 1.54) is 44.1 Å². The Morgan fingerprint density at radius 1 is 0.800 bits per heavy atom. The second kappa shape index (κ2) is 11.9. The minimum absolute atomic E-state index is 0.0284. The molecule has 0 fully saturated rings. The van der Waals surface area contributed by atoms with Crippen molar-refractivity contribution < 1.29 is 33.3 Å². The van der Waals surface area contributed by atoms with E-state index in [4.69, 9.17) is 18.9 Å². The molecule has 0 saturated carbocycles. The minimum atomic E-state index is -0.801. The van der Waals surface area contributed by atoms with Gasteiger partial charge in [0, 0.05) is 26.0 Å². The molecule has 0 unspecified atom stereocenters. The summed E-state index contributed by atoms with van der Waals surface area (Å²) in [6.45, 7) is 3.32. The summed E-state index contributed by atoms with van der Waals surface area (Å²) >= 11 is 0. The number of allylic oxidation sites excluding steroid dienone is 1. The van der Waals surface area contributed by atoms with Crippen LogP contribution in [-0.2, 0) is 23.7 Å². The Morgan fingerprint density at radius 2 is 1.43 bits per heavy atom. The third kappa shape index (κ3) is 6.75. The Kier molecular flexibility index (Phi) is 8.72. The SMILES string of the molecule is COCOC(=O)c1ccc(NC(=O)/C=C(/C)c2ccc3cc(C)ccc3c2)cc1C(=O)OCOC. The van der Waals surface area contributed by atoms with E-state index < -0.39 is 17.8 Å². The molecule has 8 heteroatoms. The van der Waals surface area contributed by atoms with Gasteiger partial charge in [0.2, 0.25) is 5.91 Å². The van der Waals surface area contributed by atoms with E-state index >= 15 is 0 Å². The van der Waals surface area contributed by atoms with Gasteiger partial charge in [0.1, 0.15) is 0 Å². The molecule has 0 aromatic heterocycles. The quantitative estimate of drug-likeness (QED) is 0.271. The summed E-state index contributed by atoms with van der Waals surface area (Å²) in [4.78, 5) is 37.5. The number of nitrogens with one attached hydrogen (secondary N) is 1. The molecule has 3 aromatic carbocycles. The maximum Gasteiger partial charge on any atom is 0.341 e. The summed E-state index contributed by atoms with van der Waals surface area (Å²) in [5.74, 6) is -1.96. The lowest BCUT2D eigenvalue weighted by molar-refractivity contribution is -0.111. The normalized spacial score (nSPS) is 11.3. The molecule has 0 aliphatic carbocycles. The van der Waals surface area contributed by atoms with E-state index in [0.29, 0.717) is 5.69 Å². The van der Waals surface area contributed by atoms with Crippen molar-refractivity contribution in [3.63, 3.8) is 0 Å². The maximum atomic E-state index is 12.7. The van der Waals surface area contributed by atoms with Crippen LogP contribution in [0, 0.1) is 6.92 Å². The number of amides is 1. The van der Waals surface area contributed by atoms with E-state index in [1.807, 2.05) is 44.2 Å². The standard InChI is InChI=1S/C27H27NO7/c1-17-5-6-21-13-19(7-8-20(21)11-17)18(2)12-25(29)28-22-9-10-23(26(30)34-15-32-3)24(14-22)27(31)35-16-33-4/h5-14H,15-16H2,1-4H3,(H,28,29)/b18-12-. The Bertz CT molecular complexity index is 1280. The zero-order chi connectivity index (χ0) is 25.4. The highest BCUT2D eigenvalue weighted by Crippen LogP contribution is 2.23. The van der Waals surface area contributed by atoms with Crippen molar-refractivity contribution in [2.45, 2.75) is 13.8 Å². The van der Waals surface area contributed by atoms with Crippen LogP contribution in [0.4, 0.5) is 5.69 Å². The van der Waals surface area contributed by atoms with Gasteiger partial charge in [0.05, 0.1) is 11.1 Å². The van der Waals surface area contributed by atoms with Crippen LogP contribution < -0.4 is 5.32 Å². The second-order valence-corrected chi connectivity index (χ2v) is 7.82. The smallest absolute Gasteiger partial charge is 0.341 e. The Labute approximate surface area is 203 Å². The van der Waals surface area contributed by atoms with Crippen LogP contribution >= 0.6 is 0 Å². The fourth-order valence-electron chi connectivity index (χ4n) is 3.42. The highest BCUT2D eigenvalue weighted by Gasteiger charge is 2.21. The zero-order valence-electron chi connectivity index (χ0n) is 20.0. The van der Waals surface area contributed by atoms with Gasteiger partial charge in [-0.15, -0.1) is 0 Å². The molecule has 0 heterocycles. The molecule has 1 N–H and O–H groups in total. The van der Waals surface area contributed by atoms with Crippen LogP contribution in [0.1, 0.15) is 38.8 Å². The number of anilines is 1. The Hall–Kier alpha value is -4.01. The number of carbonyl (C=O) groups excluding carboxylic acids is 3. The first-order valence-corrected chi connectivity index (χ1v) is 10.8. The summed E-state index contributed by atoms with van der Waals surface area (Å²) in [6.07, 6.45) is 1.47. The summed E-state index contributed by atoms with van der Waals surface area (Å²) in [5.41, 5.74) is 3.06. The molecule has 0 saturated heterocycles. The predicted octanol–water partition coefficient (Wildman–Crippen LogP) is 4.71. The first-order valence-electron chi connectivity index (χ1n) is 10.8. The van der Waals surface area contributed by atoms with Crippen LogP contribution in [0.25, 0.3) is 16.3 Å². The third-order valence-corrected chi connectivity index (χ3v) is 5.14. The zero-order valence-corrected chi connectivity index (χ0v) is 20.0. The molecular formula is C27H27NO7. The molecule has 1 amide bonds. The highest BCUT2D eigenvalue weighted by molar-refractivity contribution is 6.07. The molecule has 182 valence electrons. The van der Waals surface area contributed by atoms with Crippen molar-refractivity contribution in [3.8, 4) is 0 Å². The number of hydrogen-bond donors (Lipinski definition) is 1. The summed E-state index contributed by atoms with van der Waals surface area (Å²) in [6, 6.07) is 16.4. The van der Waals surface area contributed by atoms with Gasteiger partial charge in [-0.2, -0.15) is 0 Å². The predicted molar refractivity (Wildman–Crippen MR) is 132 cm³/mol. The van der Waals surface area contributed by atoms with Gasteiger partial charge in [-0.1, -0.05) is 35.9 Å². The van der Waals surface area contributed by atoms with Crippen LogP contribution in [0.5, 0.6) is 0 Å². The molecular weight excluding hydrogens is 450 g/mol. The molecule has 3 aromatic rings. The van der Waals surface area contributed by atoms with Crippen LogP contribution in [0.2, 0.25) is 0 Å². The number of esters is 2. The lowest BCUT2D eigenvalue weighted by atomic mass is 10.0. The fraction of sp³-hybridized carbons (Fsp3) is 0.222. The van der Waals surface area contributed by atoms with Crippen molar-refractivity contribution >= 4 is 39.9 Å². The molecule has 8 nitrogen and oxygen atoms in total. The second-order valence-electron chi connectivity index (χ2n) is 7.82. The van der Waals surface area contributed by atoms with Gasteiger partial charge in [0.25, 0.3) is 0 Å². The van der Waals surface area contributed by atoms with E-state index in [0.717, 1.165) is 21.9 Å². The van der Waals surface area contributed by atoms with Crippen LogP contribution in [0.3, 0.4) is 0 Å². The number of ether oxygens (including phenoxy) is 4. The number of aryl methyl sites for hydroxylation is 1. The van der Waals surface area contributed by atoms with Gasteiger partial charge in [0.15, 0.2) is 13.6 Å². The largest absolute Gasteiger partial charge is 0.435 e. The first-order chi connectivity index (χ1) is 16.8. The topological polar surface area (TPSA) is 100 Å². The lowest BCUT2D eigenvalue weighted by Crippen LogP contribution is -2.17. The van der Waals surface area contributed by atoms with Gasteiger partial charge >= 0.3 is 11.9 Å². The number of carbonyl (C=O) groups is 3. The molecule has 0 spiro atoms. The molecule has 0 aliphatic rings. The van der Waals surface area contributed by atoms with Crippen LogP contribution in [-0.4, -0.2) is 45.7 Å². The van der Waals surface area contributed by atoms with Gasteiger partial charge in [-0.25, -0.2) is 9.59 Å². The van der Waals surface area contributed by atoms with Crippen LogP contribution in [0.15, 0.2) is 60.7 Å². The number of rotatable bonds is 9.